The molecule has 1 amide bonds. The molecule has 5 rings (SSSR count). The molecule has 0 atom stereocenters. The second kappa shape index (κ2) is 8.80. The molecule has 3 heterocycles. The number of anilines is 1. The van der Waals surface area contributed by atoms with Crippen molar-refractivity contribution < 1.29 is 9.18 Å². The quantitative estimate of drug-likeness (QED) is 0.356. The Balaban J connectivity index is 1.33. The number of carbonyl (C=O) groups is 1. The van der Waals surface area contributed by atoms with Crippen molar-refractivity contribution in [3.63, 3.8) is 0 Å². The van der Waals surface area contributed by atoms with Crippen LogP contribution in [0, 0.1) is 5.82 Å². The van der Waals surface area contributed by atoms with Gasteiger partial charge in [-0.05, 0) is 47.2 Å². The number of halogens is 1. The first-order valence-electron chi connectivity index (χ1n) is 10.3. The van der Waals surface area contributed by atoms with Crippen LogP contribution in [0.3, 0.4) is 0 Å². The lowest BCUT2D eigenvalue weighted by Crippen LogP contribution is -2.17. The Hall–Kier alpha value is -3.71. The summed E-state index contributed by atoms with van der Waals surface area (Å²) in [4.78, 5) is 13.1. The maximum atomic E-state index is 13.4. The number of amides is 1. The van der Waals surface area contributed by atoms with Crippen molar-refractivity contribution in [1.82, 2.24) is 14.3 Å². The van der Waals surface area contributed by atoms with E-state index in [1.807, 2.05) is 35.7 Å². The Morgan fingerprint density at radius 3 is 2.72 bits per heavy atom. The van der Waals surface area contributed by atoms with Gasteiger partial charge in [0.1, 0.15) is 11.5 Å². The van der Waals surface area contributed by atoms with Gasteiger partial charge in [-0.2, -0.15) is 5.10 Å². The van der Waals surface area contributed by atoms with Crippen molar-refractivity contribution in [3.8, 4) is 0 Å². The minimum absolute atomic E-state index is 0.174. The Morgan fingerprint density at radius 1 is 1.03 bits per heavy atom. The molecule has 0 aliphatic heterocycles. The molecule has 0 spiro atoms. The van der Waals surface area contributed by atoms with Gasteiger partial charge in [0.15, 0.2) is 0 Å². The van der Waals surface area contributed by atoms with Gasteiger partial charge < -0.3 is 9.88 Å². The third-order valence-electron chi connectivity index (χ3n) is 5.35. The minimum atomic E-state index is -0.278. The van der Waals surface area contributed by atoms with E-state index in [4.69, 9.17) is 0 Å². The summed E-state index contributed by atoms with van der Waals surface area (Å²) in [7, 11) is 0. The number of hydrogen-bond acceptors (Lipinski definition) is 3. The molecule has 0 saturated heterocycles. The van der Waals surface area contributed by atoms with Gasteiger partial charge in [-0.3, -0.25) is 9.48 Å². The SMILES string of the molecule is O=C(Nc1cnn(Cc2cccc(F)c2)c1)c1cc2sccc2n1CCc1ccccc1. The van der Waals surface area contributed by atoms with Crippen LogP contribution in [0.4, 0.5) is 10.1 Å². The normalized spacial score (nSPS) is 11.2. The predicted molar refractivity (Wildman–Crippen MR) is 126 cm³/mol. The number of hydrogen-bond donors (Lipinski definition) is 1. The van der Waals surface area contributed by atoms with Gasteiger partial charge in [-0.25, -0.2) is 4.39 Å². The second-order valence-electron chi connectivity index (χ2n) is 7.60. The molecule has 0 fully saturated rings. The van der Waals surface area contributed by atoms with E-state index in [1.165, 1.54) is 17.7 Å². The second-order valence-corrected chi connectivity index (χ2v) is 8.55. The molecular weight excluding hydrogens is 423 g/mol. The zero-order valence-electron chi connectivity index (χ0n) is 17.2. The fourth-order valence-corrected chi connectivity index (χ4v) is 4.65. The van der Waals surface area contributed by atoms with Crippen LogP contribution in [0.5, 0.6) is 0 Å². The predicted octanol–water partition coefficient (Wildman–Crippen LogP) is 5.58. The highest BCUT2D eigenvalue weighted by molar-refractivity contribution is 7.17. The molecule has 5 nitrogen and oxygen atoms in total. The smallest absolute Gasteiger partial charge is 0.272 e. The van der Waals surface area contributed by atoms with Gasteiger partial charge in [-0.15, -0.1) is 11.3 Å². The van der Waals surface area contributed by atoms with Crippen LogP contribution in [0.2, 0.25) is 0 Å². The number of fused-ring (bicyclic) bond motifs is 1. The highest BCUT2D eigenvalue weighted by Gasteiger charge is 2.17. The minimum Gasteiger partial charge on any atom is -0.335 e. The number of aryl methyl sites for hydroxylation is 2. The number of thiophene rings is 1. The lowest BCUT2D eigenvalue weighted by Gasteiger charge is -2.10. The van der Waals surface area contributed by atoms with Gasteiger partial charge in [-0.1, -0.05) is 42.5 Å². The topological polar surface area (TPSA) is 51.9 Å². The van der Waals surface area contributed by atoms with Crippen molar-refractivity contribution in [1.29, 1.82) is 0 Å². The summed E-state index contributed by atoms with van der Waals surface area (Å²) in [5, 5.41) is 9.29. The molecule has 32 heavy (non-hydrogen) atoms. The van der Waals surface area contributed by atoms with Gasteiger partial charge in [0.25, 0.3) is 5.91 Å². The Bertz CT molecular complexity index is 1370. The lowest BCUT2D eigenvalue weighted by molar-refractivity contribution is 0.101. The third-order valence-corrected chi connectivity index (χ3v) is 6.20. The average Bonchev–Trinajstić information content (AvgIpc) is 3.50. The molecule has 0 unspecified atom stereocenters. The fraction of sp³-hybridized carbons (Fsp3) is 0.120. The van der Waals surface area contributed by atoms with Crippen molar-refractivity contribution >= 4 is 33.1 Å². The average molecular weight is 445 g/mol. The Kier molecular flexibility index (Phi) is 5.56. The summed E-state index contributed by atoms with van der Waals surface area (Å²) in [5.74, 6) is -0.453. The first-order chi connectivity index (χ1) is 15.7. The van der Waals surface area contributed by atoms with E-state index in [-0.39, 0.29) is 11.7 Å². The number of benzene rings is 2. The van der Waals surface area contributed by atoms with E-state index in [1.54, 1.807) is 34.5 Å². The number of aromatic nitrogens is 3. The van der Waals surface area contributed by atoms with Crippen molar-refractivity contribution in [3.05, 3.63) is 107 Å². The molecular formula is C25H21FN4OS. The Morgan fingerprint density at radius 2 is 1.88 bits per heavy atom. The summed E-state index contributed by atoms with van der Waals surface area (Å²) >= 11 is 1.63. The molecule has 7 heteroatoms. The van der Waals surface area contributed by atoms with Crippen molar-refractivity contribution in [2.24, 2.45) is 0 Å². The summed E-state index contributed by atoms with van der Waals surface area (Å²) in [6.07, 6.45) is 4.20. The molecule has 1 N–H and O–H groups in total. The Labute approximate surface area is 188 Å². The molecule has 0 aliphatic carbocycles. The maximum absolute atomic E-state index is 13.4. The molecule has 0 saturated carbocycles. The lowest BCUT2D eigenvalue weighted by atomic mass is 10.1. The molecule has 160 valence electrons. The number of nitrogens with zero attached hydrogens (tertiary/aromatic N) is 3. The summed E-state index contributed by atoms with van der Waals surface area (Å²) in [5.41, 5.74) is 4.33. The van der Waals surface area contributed by atoms with E-state index in [0.717, 1.165) is 22.2 Å². The van der Waals surface area contributed by atoms with Gasteiger partial charge in [0, 0.05) is 12.7 Å². The number of rotatable bonds is 7. The maximum Gasteiger partial charge on any atom is 0.272 e. The molecule has 0 aliphatic rings. The van der Waals surface area contributed by atoms with E-state index < -0.39 is 0 Å². The highest BCUT2D eigenvalue weighted by atomic mass is 32.1. The molecule has 0 radical (unpaired) electrons. The molecule has 5 aromatic rings. The number of carbonyl (C=O) groups excluding carboxylic acids is 1. The van der Waals surface area contributed by atoms with Crippen molar-refractivity contribution in [2.45, 2.75) is 19.5 Å². The first-order valence-corrected chi connectivity index (χ1v) is 11.2. The summed E-state index contributed by atoms with van der Waals surface area (Å²) < 4.78 is 18.3. The largest absolute Gasteiger partial charge is 0.335 e. The molecule has 3 aromatic heterocycles. The van der Waals surface area contributed by atoms with Crippen LogP contribution < -0.4 is 5.32 Å². The van der Waals surface area contributed by atoms with Crippen LogP contribution in [0.25, 0.3) is 10.2 Å². The first kappa shape index (κ1) is 20.2. The molecule has 2 aromatic carbocycles. The highest BCUT2D eigenvalue weighted by Crippen LogP contribution is 2.26. The monoisotopic (exact) mass is 444 g/mol. The van der Waals surface area contributed by atoms with Crippen LogP contribution in [-0.2, 0) is 19.5 Å². The van der Waals surface area contributed by atoms with E-state index in [0.29, 0.717) is 24.5 Å². The van der Waals surface area contributed by atoms with E-state index in [2.05, 4.69) is 33.2 Å². The van der Waals surface area contributed by atoms with Crippen LogP contribution >= 0.6 is 11.3 Å². The van der Waals surface area contributed by atoms with Gasteiger partial charge >= 0.3 is 0 Å². The zero-order chi connectivity index (χ0) is 21.9. The fourth-order valence-electron chi connectivity index (χ4n) is 3.82. The summed E-state index contributed by atoms with van der Waals surface area (Å²) in [6, 6.07) is 20.7. The van der Waals surface area contributed by atoms with Crippen LogP contribution in [0.15, 0.2) is 84.5 Å². The number of nitrogens with one attached hydrogen (secondary N) is 1. The summed E-state index contributed by atoms with van der Waals surface area (Å²) in [6.45, 7) is 1.14. The standard InChI is InChI=1S/C25H21FN4OS/c26-20-8-4-7-19(13-20)16-29-17-21(15-27-29)28-25(31)23-14-24-22(10-12-32-24)30(23)11-9-18-5-2-1-3-6-18/h1-8,10,12-15,17H,9,11,16H2,(H,28,31). The molecule has 0 bridgehead atoms. The van der Waals surface area contributed by atoms with E-state index >= 15 is 0 Å². The van der Waals surface area contributed by atoms with Gasteiger partial charge in [0.05, 0.1) is 28.6 Å². The third kappa shape index (κ3) is 4.33. The van der Waals surface area contributed by atoms with Gasteiger partial charge in [0.2, 0.25) is 0 Å². The van der Waals surface area contributed by atoms with E-state index in [9.17, 15) is 9.18 Å². The van der Waals surface area contributed by atoms with Crippen molar-refractivity contribution in [2.75, 3.05) is 5.32 Å². The zero-order valence-corrected chi connectivity index (χ0v) is 18.1. The van der Waals surface area contributed by atoms with Crippen LogP contribution in [0.1, 0.15) is 21.6 Å². The van der Waals surface area contributed by atoms with Crippen LogP contribution in [-0.4, -0.2) is 20.3 Å².